The van der Waals surface area contributed by atoms with Crippen LogP contribution in [-0.2, 0) is 19.9 Å². The molecule has 1 N–H and O–H groups in total. The lowest BCUT2D eigenvalue weighted by Gasteiger charge is -2.19. The minimum Gasteiger partial charge on any atom is -0.224 e. The van der Waals surface area contributed by atoms with Gasteiger partial charge in [-0.05, 0) is 56.4 Å². The molecule has 5 nitrogen and oxygen atoms in total. The first-order chi connectivity index (χ1) is 10.1. The smallest absolute Gasteiger partial charge is 0.224 e. The number of nitrogens with one attached hydrogen (secondary N) is 1. The summed E-state index contributed by atoms with van der Waals surface area (Å²) in [6, 6.07) is 2.78. The van der Waals surface area contributed by atoms with Crippen LogP contribution in [0.1, 0.15) is 30.4 Å². The Balaban J connectivity index is 2.49. The van der Waals surface area contributed by atoms with Crippen LogP contribution in [0.15, 0.2) is 34.1 Å². The van der Waals surface area contributed by atoms with Crippen LogP contribution in [0.5, 0.6) is 0 Å². The second kappa shape index (κ2) is 6.14. The molecule has 1 aliphatic carbocycles. The van der Waals surface area contributed by atoms with Gasteiger partial charge in [0.2, 0.25) is 10.0 Å². The van der Waals surface area contributed by atoms with Crippen LogP contribution in [-0.4, -0.2) is 29.1 Å². The molecule has 0 saturated carbocycles. The Morgan fingerprint density at radius 2 is 1.73 bits per heavy atom. The third-order valence-electron chi connectivity index (χ3n) is 3.71. The molecule has 1 aliphatic rings. The zero-order valence-corrected chi connectivity index (χ0v) is 14.6. The fourth-order valence-corrected chi connectivity index (χ4v) is 5.34. The highest BCUT2D eigenvalue weighted by Crippen LogP contribution is 2.25. The monoisotopic (exact) mass is 343 g/mol. The molecule has 0 amide bonds. The van der Waals surface area contributed by atoms with E-state index in [9.17, 15) is 16.8 Å². The maximum Gasteiger partial charge on any atom is 0.241 e. The first-order valence-corrected chi connectivity index (χ1v) is 10.5. The van der Waals surface area contributed by atoms with Crippen molar-refractivity contribution in [2.45, 2.75) is 48.9 Å². The Hall–Kier alpha value is -1.18. The number of sulfonamides is 1. The Morgan fingerprint density at radius 1 is 1.09 bits per heavy atom. The van der Waals surface area contributed by atoms with E-state index in [4.69, 9.17) is 0 Å². The van der Waals surface area contributed by atoms with E-state index in [1.54, 1.807) is 6.92 Å². The van der Waals surface area contributed by atoms with Gasteiger partial charge in [0.15, 0.2) is 9.84 Å². The van der Waals surface area contributed by atoms with Crippen LogP contribution in [0.2, 0.25) is 0 Å². The highest BCUT2D eigenvalue weighted by Gasteiger charge is 2.25. The van der Waals surface area contributed by atoms with E-state index < -0.39 is 19.9 Å². The lowest BCUT2D eigenvalue weighted by Crippen LogP contribution is -2.34. The van der Waals surface area contributed by atoms with Crippen LogP contribution in [0.3, 0.4) is 0 Å². The van der Waals surface area contributed by atoms with Crippen molar-refractivity contribution in [1.29, 1.82) is 0 Å². The van der Waals surface area contributed by atoms with E-state index in [0.29, 0.717) is 5.56 Å². The summed E-state index contributed by atoms with van der Waals surface area (Å²) in [5.74, 6) is 0. The van der Waals surface area contributed by atoms with E-state index in [-0.39, 0.29) is 21.4 Å². The number of rotatable bonds is 4. The summed E-state index contributed by atoms with van der Waals surface area (Å²) >= 11 is 0. The molecule has 7 heteroatoms. The zero-order valence-electron chi connectivity index (χ0n) is 13.0. The summed E-state index contributed by atoms with van der Waals surface area (Å²) in [5, 5.41) is 0. The van der Waals surface area contributed by atoms with E-state index in [1.807, 2.05) is 12.2 Å². The van der Waals surface area contributed by atoms with Crippen LogP contribution >= 0.6 is 0 Å². The molecule has 122 valence electrons. The third kappa shape index (κ3) is 3.77. The fraction of sp³-hybridized carbons (Fsp3) is 0.467. The van der Waals surface area contributed by atoms with Crippen LogP contribution < -0.4 is 4.72 Å². The van der Waals surface area contributed by atoms with Gasteiger partial charge in [0.25, 0.3) is 0 Å². The van der Waals surface area contributed by atoms with Crippen LogP contribution in [0.25, 0.3) is 0 Å². The van der Waals surface area contributed by atoms with E-state index >= 15 is 0 Å². The number of hydrogen-bond acceptors (Lipinski definition) is 4. The van der Waals surface area contributed by atoms with Gasteiger partial charge in [-0.2, -0.15) is 0 Å². The predicted molar refractivity (Wildman–Crippen MR) is 86.1 cm³/mol. The second-order valence-electron chi connectivity index (χ2n) is 5.75. The van der Waals surface area contributed by atoms with Crippen molar-refractivity contribution in [3.8, 4) is 0 Å². The SMILES string of the molecule is Cc1cc(S(C)(=O)=O)c(C)c(S(=O)(=O)NC2C=CCCC2)c1. The van der Waals surface area contributed by atoms with Crippen molar-refractivity contribution in [2.24, 2.45) is 0 Å². The number of benzene rings is 1. The molecule has 0 bridgehead atoms. The summed E-state index contributed by atoms with van der Waals surface area (Å²) in [6.07, 6.45) is 7.54. The highest BCUT2D eigenvalue weighted by molar-refractivity contribution is 7.91. The Labute approximate surface area is 132 Å². The van der Waals surface area contributed by atoms with Gasteiger partial charge in [0, 0.05) is 12.3 Å². The lowest BCUT2D eigenvalue weighted by atomic mass is 10.0. The molecular formula is C15H21NO4S2. The minimum atomic E-state index is -3.76. The predicted octanol–water partition coefficient (Wildman–Crippen LogP) is 2.09. The minimum absolute atomic E-state index is 0.0342. The Kier molecular flexibility index (Phi) is 4.79. The largest absolute Gasteiger partial charge is 0.241 e. The van der Waals surface area contributed by atoms with Crippen molar-refractivity contribution in [3.05, 3.63) is 35.4 Å². The summed E-state index contributed by atoms with van der Waals surface area (Å²) in [6.45, 7) is 3.22. The number of allylic oxidation sites excluding steroid dienone is 1. The van der Waals surface area contributed by atoms with Crippen LogP contribution in [0.4, 0.5) is 0 Å². The molecule has 1 atom stereocenters. The van der Waals surface area contributed by atoms with Gasteiger partial charge in [0.1, 0.15) is 0 Å². The Morgan fingerprint density at radius 3 is 2.27 bits per heavy atom. The zero-order chi connectivity index (χ0) is 16.5. The molecule has 1 aromatic carbocycles. The number of sulfone groups is 1. The highest BCUT2D eigenvalue weighted by atomic mass is 32.2. The molecule has 0 saturated heterocycles. The first-order valence-electron chi connectivity index (χ1n) is 7.11. The second-order valence-corrected chi connectivity index (χ2v) is 9.41. The van der Waals surface area contributed by atoms with Crippen molar-refractivity contribution in [3.63, 3.8) is 0 Å². The lowest BCUT2D eigenvalue weighted by molar-refractivity contribution is 0.548. The molecule has 0 aromatic heterocycles. The van der Waals surface area contributed by atoms with Gasteiger partial charge < -0.3 is 0 Å². The molecule has 0 spiro atoms. The number of aryl methyl sites for hydroxylation is 1. The Bertz CT molecular complexity index is 808. The molecule has 1 aromatic rings. The van der Waals surface area contributed by atoms with Gasteiger partial charge in [-0.25, -0.2) is 21.6 Å². The van der Waals surface area contributed by atoms with Crippen molar-refractivity contribution < 1.29 is 16.8 Å². The first kappa shape index (κ1) is 17.2. The van der Waals surface area contributed by atoms with Gasteiger partial charge in [-0.1, -0.05) is 12.2 Å². The van der Waals surface area contributed by atoms with E-state index in [1.165, 1.54) is 19.1 Å². The van der Waals surface area contributed by atoms with Gasteiger partial charge >= 0.3 is 0 Å². The summed E-state index contributed by atoms with van der Waals surface area (Å²) in [5.41, 5.74) is 0.867. The fourth-order valence-electron chi connectivity index (χ4n) is 2.63. The van der Waals surface area contributed by atoms with Gasteiger partial charge in [-0.3, -0.25) is 0 Å². The molecule has 0 fully saturated rings. The quantitative estimate of drug-likeness (QED) is 0.849. The van der Waals surface area contributed by atoms with Crippen LogP contribution in [0, 0.1) is 13.8 Å². The van der Waals surface area contributed by atoms with Crippen molar-refractivity contribution >= 4 is 19.9 Å². The molecule has 0 aliphatic heterocycles. The van der Waals surface area contributed by atoms with E-state index in [0.717, 1.165) is 25.5 Å². The molecule has 1 unspecified atom stereocenters. The summed E-state index contributed by atoms with van der Waals surface area (Å²) in [7, 11) is -7.24. The maximum absolute atomic E-state index is 12.6. The molecular weight excluding hydrogens is 322 g/mol. The van der Waals surface area contributed by atoms with Gasteiger partial charge in [-0.15, -0.1) is 0 Å². The average Bonchev–Trinajstić information content (AvgIpc) is 2.40. The van der Waals surface area contributed by atoms with Crippen molar-refractivity contribution in [1.82, 2.24) is 4.72 Å². The maximum atomic E-state index is 12.6. The third-order valence-corrected chi connectivity index (χ3v) is 6.55. The normalized spacial score (nSPS) is 19.3. The van der Waals surface area contributed by atoms with E-state index in [2.05, 4.69) is 4.72 Å². The van der Waals surface area contributed by atoms with Gasteiger partial charge in [0.05, 0.1) is 9.79 Å². The number of hydrogen-bond donors (Lipinski definition) is 1. The summed E-state index contributed by atoms with van der Waals surface area (Å²) < 4.78 is 51.6. The van der Waals surface area contributed by atoms with Crippen molar-refractivity contribution in [2.75, 3.05) is 6.26 Å². The molecule has 22 heavy (non-hydrogen) atoms. The standard InChI is InChI=1S/C15H21NO4S2/c1-11-9-14(21(3,17)18)12(2)15(10-11)22(19,20)16-13-7-5-4-6-8-13/h5,7,9-10,13,16H,4,6,8H2,1-3H3. The molecule has 2 rings (SSSR count). The molecule has 0 heterocycles. The average molecular weight is 343 g/mol. The topological polar surface area (TPSA) is 80.3 Å². The molecule has 0 radical (unpaired) electrons. The summed E-state index contributed by atoms with van der Waals surface area (Å²) in [4.78, 5) is 0.0963.